The summed E-state index contributed by atoms with van der Waals surface area (Å²) in [5, 5.41) is 9.57. The fourth-order valence-electron chi connectivity index (χ4n) is 1.95. The minimum absolute atomic E-state index is 0.211. The van der Waals surface area contributed by atoms with E-state index in [4.69, 9.17) is 16.7 Å². The van der Waals surface area contributed by atoms with Gasteiger partial charge in [0, 0.05) is 22.4 Å². The van der Waals surface area contributed by atoms with Crippen molar-refractivity contribution in [2.24, 2.45) is 0 Å². The van der Waals surface area contributed by atoms with Gasteiger partial charge in [-0.25, -0.2) is 9.78 Å². The molecule has 0 bridgehead atoms. The van der Waals surface area contributed by atoms with E-state index in [1.54, 1.807) is 22.7 Å². The van der Waals surface area contributed by atoms with Crippen molar-refractivity contribution < 1.29 is 9.90 Å². The Morgan fingerprint density at radius 3 is 2.75 bits per heavy atom. The summed E-state index contributed by atoms with van der Waals surface area (Å²) >= 11 is 9.55. The van der Waals surface area contributed by atoms with Gasteiger partial charge in [-0.15, -0.1) is 0 Å². The quantitative estimate of drug-likeness (QED) is 0.756. The highest BCUT2D eigenvalue weighted by molar-refractivity contribution is 9.10. The molecule has 0 aliphatic heterocycles. The molecule has 0 spiro atoms. The molecular formula is C14H8BrClN2O2. The number of aromatic carboxylic acids is 1. The molecule has 1 N–H and O–H groups in total. The number of nitrogens with zero attached hydrogens (tertiary/aromatic N) is 2. The van der Waals surface area contributed by atoms with Crippen molar-refractivity contribution in [3.63, 3.8) is 0 Å². The summed E-state index contributed by atoms with van der Waals surface area (Å²) in [6.45, 7) is 0. The molecule has 2 heterocycles. The third-order valence-corrected chi connectivity index (χ3v) is 3.71. The molecule has 2 aromatic heterocycles. The van der Waals surface area contributed by atoms with Crippen molar-refractivity contribution in [2.75, 3.05) is 0 Å². The Hall–Kier alpha value is -1.85. The standard InChI is InChI=1S/C14H8BrClN2O2/c15-9-2-3-10(11(16)5-9)12-7-18-6-8(14(19)20)1-4-13(18)17-12/h1-7H,(H,19,20). The molecule has 0 fully saturated rings. The monoisotopic (exact) mass is 350 g/mol. The van der Waals surface area contributed by atoms with Gasteiger partial charge in [0.1, 0.15) is 5.65 Å². The first-order valence-corrected chi connectivity index (χ1v) is 6.89. The minimum Gasteiger partial charge on any atom is -0.478 e. The van der Waals surface area contributed by atoms with E-state index in [-0.39, 0.29) is 5.56 Å². The molecule has 0 aliphatic carbocycles. The molecule has 0 saturated heterocycles. The molecule has 0 aliphatic rings. The zero-order valence-corrected chi connectivity index (χ0v) is 12.4. The van der Waals surface area contributed by atoms with Crippen molar-refractivity contribution in [3.8, 4) is 11.3 Å². The highest BCUT2D eigenvalue weighted by Crippen LogP contribution is 2.30. The van der Waals surface area contributed by atoms with Gasteiger partial charge in [-0.3, -0.25) is 0 Å². The average molecular weight is 352 g/mol. The maximum atomic E-state index is 11.0. The molecular weight excluding hydrogens is 344 g/mol. The van der Waals surface area contributed by atoms with E-state index in [1.165, 1.54) is 12.3 Å². The molecule has 100 valence electrons. The van der Waals surface area contributed by atoms with Crippen molar-refractivity contribution in [1.29, 1.82) is 0 Å². The molecule has 6 heteroatoms. The zero-order valence-electron chi connectivity index (χ0n) is 10.0. The van der Waals surface area contributed by atoms with E-state index in [9.17, 15) is 4.79 Å². The van der Waals surface area contributed by atoms with Crippen LogP contribution in [-0.4, -0.2) is 20.5 Å². The first kappa shape index (κ1) is 13.1. The lowest BCUT2D eigenvalue weighted by molar-refractivity contribution is 0.0696. The second kappa shape index (κ2) is 4.92. The third kappa shape index (κ3) is 2.30. The molecule has 0 saturated carbocycles. The topological polar surface area (TPSA) is 54.6 Å². The number of hydrogen-bond donors (Lipinski definition) is 1. The number of carbonyl (C=O) groups is 1. The lowest BCUT2D eigenvalue weighted by atomic mass is 10.2. The van der Waals surface area contributed by atoms with E-state index in [0.717, 1.165) is 10.0 Å². The number of pyridine rings is 1. The van der Waals surface area contributed by atoms with E-state index >= 15 is 0 Å². The molecule has 0 radical (unpaired) electrons. The van der Waals surface area contributed by atoms with Crippen LogP contribution in [0.25, 0.3) is 16.9 Å². The molecule has 3 rings (SSSR count). The lowest BCUT2D eigenvalue weighted by Gasteiger charge is -2.00. The highest BCUT2D eigenvalue weighted by Gasteiger charge is 2.10. The number of benzene rings is 1. The van der Waals surface area contributed by atoms with Crippen molar-refractivity contribution in [1.82, 2.24) is 9.38 Å². The Labute approximate surface area is 127 Å². The Balaban J connectivity index is 2.15. The second-order valence-electron chi connectivity index (χ2n) is 4.24. The van der Waals surface area contributed by atoms with E-state index in [2.05, 4.69) is 20.9 Å². The minimum atomic E-state index is -0.969. The zero-order chi connectivity index (χ0) is 14.3. The third-order valence-electron chi connectivity index (χ3n) is 2.91. The van der Waals surface area contributed by atoms with Crippen molar-refractivity contribution in [2.45, 2.75) is 0 Å². The molecule has 3 aromatic rings. The van der Waals surface area contributed by atoms with Gasteiger partial charge in [-0.1, -0.05) is 33.6 Å². The summed E-state index contributed by atoms with van der Waals surface area (Å²) in [6.07, 6.45) is 3.29. The lowest BCUT2D eigenvalue weighted by Crippen LogP contribution is -1.97. The van der Waals surface area contributed by atoms with Crippen LogP contribution in [0.3, 0.4) is 0 Å². The largest absolute Gasteiger partial charge is 0.478 e. The maximum Gasteiger partial charge on any atom is 0.337 e. The van der Waals surface area contributed by atoms with Crippen LogP contribution in [0.1, 0.15) is 10.4 Å². The fourth-order valence-corrected chi connectivity index (χ4v) is 2.72. The first-order valence-electron chi connectivity index (χ1n) is 5.72. The number of aromatic nitrogens is 2. The summed E-state index contributed by atoms with van der Waals surface area (Å²) in [7, 11) is 0. The smallest absolute Gasteiger partial charge is 0.337 e. The number of carboxylic acids is 1. The van der Waals surface area contributed by atoms with Crippen LogP contribution in [0.5, 0.6) is 0 Å². The normalized spacial score (nSPS) is 10.9. The van der Waals surface area contributed by atoms with Gasteiger partial charge in [0.15, 0.2) is 0 Å². The molecule has 0 unspecified atom stereocenters. The van der Waals surface area contributed by atoms with Crippen LogP contribution in [0.4, 0.5) is 0 Å². The van der Waals surface area contributed by atoms with E-state index < -0.39 is 5.97 Å². The number of rotatable bonds is 2. The van der Waals surface area contributed by atoms with Crippen LogP contribution < -0.4 is 0 Å². The van der Waals surface area contributed by atoms with Gasteiger partial charge in [0.05, 0.1) is 16.3 Å². The second-order valence-corrected chi connectivity index (χ2v) is 5.56. The van der Waals surface area contributed by atoms with Crippen LogP contribution in [0, 0.1) is 0 Å². The highest BCUT2D eigenvalue weighted by atomic mass is 79.9. The van der Waals surface area contributed by atoms with E-state index in [0.29, 0.717) is 16.4 Å². The summed E-state index contributed by atoms with van der Waals surface area (Å²) in [4.78, 5) is 15.4. The Kier molecular flexibility index (Phi) is 3.23. The molecule has 0 atom stereocenters. The van der Waals surface area contributed by atoms with Crippen molar-refractivity contribution >= 4 is 39.1 Å². The Bertz CT molecular complexity index is 829. The van der Waals surface area contributed by atoms with Crippen LogP contribution in [0.2, 0.25) is 5.02 Å². The maximum absolute atomic E-state index is 11.0. The molecule has 1 aromatic carbocycles. The fraction of sp³-hybridized carbons (Fsp3) is 0. The number of carboxylic acid groups (broad SMARTS) is 1. The van der Waals surface area contributed by atoms with Gasteiger partial charge < -0.3 is 9.51 Å². The predicted molar refractivity (Wildman–Crippen MR) is 80.3 cm³/mol. The summed E-state index contributed by atoms with van der Waals surface area (Å²) in [6, 6.07) is 8.74. The molecule has 0 amide bonds. The van der Waals surface area contributed by atoms with Crippen molar-refractivity contribution in [3.05, 3.63) is 57.8 Å². The predicted octanol–water partition coefficient (Wildman–Crippen LogP) is 4.12. The van der Waals surface area contributed by atoms with Crippen LogP contribution >= 0.6 is 27.5 Å². The molecule has 20 heavy (non-hydrogen) atoms. The van der Waals surface area contributed by atoms with Gasteiger partial charge in [0.25, 0.3) is 0 Å². The van der Waals surface area contributed by atoms with Crippen LogP contribution in [0.15, 0.2) is 47.2 Å². The number of imidazole rings is 1. The summed E-state index contributed by atoms with van der Waals surface area (Å²) < 4.78 is 2.57. The Morgan fingerprint density at radius 2 is 2.05 bits per heavy atom. The first-order chi connectivity index (χ1) is 9.54. The number of halogens is 2. The SMILES string of the molecule is O=C(O)c1ccc2nc(-c3ccc(Br)cc3Cl)cn2c1. The summed E-state index contributed by atoms with van der Waals surface area (Å²) in [5.74, 6) is -0.969. The van der Waals surface area contributed by atoms with E-state index in [1.807, 2.05) is 12.1 Å². The molecule has 4 nitrogen and oxygen atoms in total. The van der Waals surface area contributed by atoms with Crippen LogP contribution in [-0.2, 0) is 0 Å². The Morgan fingerprint density at radius 1 is 1.25 bits per heavy atom. The summed E-state index contributed by atoms with van der Waals surface area (Å²) in [5.41, 5.74) is 2.38. The van der Waals surface area contributed by atoms with Gasteiger partial charge >= 0.3 is 5.97 Å². The number of fused-ring (bicyclic) bond motifs is 1. The van der Waals surface area contributed by atoms with Gasteiger partial charge in [0.2, 0.25) is 0 Å². The average Bonchev–Trinajstić information content (AvgIpc) is 2.80. The number of hydrogen-bond acceptors (Lipinski definition) is 2. The van der Waals surface area contributed by atoms with Gasteiger partial charge in [-0.2, -0.15) is 0 Å². The van der Waals surface area contributed by atoms with Gasteiger partial charge in [-0.05, 0) is 24.3 Å².